The molecule has 1 aliphatic carbocycles. The summed E-state index contributed by atoms with van der Waals surface area (Å²) in [6.07, 6.45) is 2.87. The van der Waals surface area contributed by atoms with E-state index in [4.69, 9.17) is 12.2 Å². The van der Waals surface area contributed by atoms with E-state index in [-0.39, 0.29) is 0 Å². The zero-order chi connectivity index (χ0) is 14.2. The molecular weight excluding hydrogens is 280 g/mol. The van der Waals surface area contributed by atoms with Crippen LogP contribution in [0.15, 0.2) is 54.7 Å². The smallest absolute Gasteiger partial charge is 0.195 e. The first-order valence-electron chi connectivity index (χ1n) is 6.98. The van der Waals surface area contributed by atoms with Gasteiger partial charge in [-0.05, 0) is 36.3 Å². The Kier molecular flexibility index (Phi) is 2.93. The number of hydrogen-bond acceptors (Lipinski definition) is 3. The second kappa shape index (κ2) is 4.93. The normalized spacial score (nSPS) is 20.4. The summed E-state index contributed by atoms with van der Waals surface area (Å²) in [6.45, 7) is 0. The third-order valence-corrected chi connectivity index (χ3v) is 4.20. The van der Waals surface area contributed by atoms with Gasteiger partial charge in [0.1, 0.15) is 5.69 Å². The number of hydrogen-bond donors (Lipinski definition) is 1. The molecule has 2 aromatic heterocycles. The van der Waals surface area contributed by atoms with Crippen LogP contribution in [0.2, 0.25) is 0 Å². The molecule has 3 aromatic rings. The molecule has 4 nitrogen and oxygen atoms in total. The Labute approximate surface area is 127 Å². The summed E-state index contributed by atoms with van der Waals surface area (Å²) in [4.78, 5) is 4.38. The first-order valence-corrected chi connectivity index (χ1v) is 7.38. The van der Waals surface area contributed by atoms with E-state index >= 15 is 0 Å². The number of benzene rings is 1. The van der Waals surface area contributed by atoms with Gasteiger partial charge in [0.25, 0.3) is 0 Å². The molecule has 0 saturated heterocycles. The standard InChI is InChI=1S/C16H14N4S/c21-16-19-18-15(13-8-4-5-9-17-13)20(16)14-10-12(14)11-6-2-1-3-7-11/h1-9,12,14H,10H2,(H,19,21). The van der Waals surface area contributed by atoms with Crippen molar-refractivity contribution in [2.75, 3.05) is 0 Å². The van der Waals surface area contributed by atoms with E-state index in [1.807, 2.05) is 24.3 Å². The molecule has 0 amide bonds. The van der Waals surface area contributed by atoms with Crippen LogP contribution in [0.1, 0.15) is 23.9 Å². The average Bonchev–Trinajstić information content (AvgIpc) is 3.24. The fourth-order valence-corrected chi connectivity index (χ4v) is 3.08. The van der Waals surface area contributed by atoms with E-state index < -0.39 is 0 Å². The molecule has 2 atom stereocenters. The van der Waals surface area contributed by atoms with Crippen molar-refractivity contribution in [3.8, 4) is 11.5 Å². The van der Waals surface area contributed by atoms with Crippen molar-refractivity contribution >= 4 is 12.2 Å². The van der Waals surface area contributed by atoms with Crippen molar-refractivity contribution in [3.63, 3.8) is 0 Å². The van der Waals surface area contributed by atoms with Crippen LogP contribution in [0, 0.1) is 4.77 Å². The van der Waals surface area contributed by atoms with Gasteiger partial charge in [0.15, 0.2) is 10.6 Å². The van der Waals surface area contributed by atoms with Gasteiger partial charge in [-0.15, -0.1) is 0 Å². The quantitative estimate of drug-likeness (QED) is 0.749. The third-order valence-electron chi connectivity index (χ3n) is 3.91. The molecule has 0 aliphatic heterocycles. The number of rotatable bonds is 3. The summed E-state index contributed by atoms with van der Waals surface area (Å²) >= 11 is 5.41. The molecule has 0 radical (unpaired) electrons. The Bertz CT molecular complexity index is 807. The fourth-order valence-electron chi connectivity index (χ4n) is 2.81. The summed E-state index contributed by atoms with van der Waals surface area (Å²) < 4.78 is 2.77. The minimum atomic E-state index is 0.371. The maximum Gasteiger partial charge on any atom is 0.195 e. The Morgan fingerprint density at radius 2 is 1.90 bits per heavy atom. The van der Waals surface area contributed by atoms with Gasteiger partial charge in [0.05, 0.1) is 0 Å². The minimum Gasteiger partial charge on any atom is -0.295 e. The highest BCUT2D eigenvalue weighted by atomic mass is 32.1. The highest BCUT2D eigenvalue weighted by Gasteiger charge is 2.41. The molecule has 1 saturated carbocycles. The molecule has 1 aliphatic rings. The van der Waals surface area contributed by atoms with Crippen molar-refractivity contribution in [3.05, 3.63) is 65.1 Å². The molecule has 2 heterocycles. The Hall–Kier alpha value is -2.27. The lowest BCUT2D eigenvalue weighted by Gasteiger charge is -2.06. The van der Waals surface area contributed by atoms with Crippen molar-refractivity contribution in [2.45, 2.75) is 18.4 Å². The van der Waals surface area contributed by atoms with Crippen LogP contribution in [-0.2, 0) is 0 Å². The maximum absolute atomic E-state index is 5.41. The van der Waals surface area contributed by atoms with E-state index in [1.165, 1.54) is 5.56 Å². The van der Waals surface area contributed by atoms with Gasteiger partial charge in [0.2, 0.25) is 0 Å². The molecule has 104 valence electrons. The Morgan fingerprint density at radius 1 is 1.10 bits per heavy atom. The first-order chi connectivity index (χ1) is 10.3. The predicted octanol–water partition coefficient (Wildman–Crippen LogP) is 3.73. The van der Waals surface area contributed by atoms with Gasteiger partial charge >= 0.3 is 0 Å². The van der Waals surface area contributed by atoms with Crippen LogP contribution in [0.4, 0.5) is 0 Å². The maximum atomic E-state index is 5.41. The van der Waals surface area contributed by atoms with Gasteiger partial charge in [0, 0.05) is 18.2 Å². The molecule has 21 heavy (non-hydrogen) atoms. The zero-order valence-electron chi connectivity index (χ0n) is 11.3. The van der Waals surface area contributed by atoms with Crippen LogP contribution < -0.4 is 0 Å². The van der Waals surface area contributed by atoms with E-state index in [0.29, 0.717) is 16.7 Å². The third kappa shape index (κ3) is 2.19. The summed E-state index contributed by atoms with van der Waals surface area (Å²) in [6, 6.07) is 16.8. The van der Waals surface area contributed by atoms with Gasteiger partial charge < -0.3 is 0 Å². The minimum absolute atomic E-state index is 0.371. The fraction of sp³-hybridized carbons (Fsp3) is 0.188. The number of nitrogens with one attached hydrogen (secondary N) is 1. The van der Waals surface area contributed by atoms with Gasteiger partial charge in [-0.25, -0.2) is 0 Å². The summed E-state index contributed by atoms with van der Waals surface area (Å²) in [5.74, 6) is 1.34. The molecule has 5 heteroatoms. The number of aromatic amines is 1. The number of aromatic nitrogens is 4. The van der Waals surface area contributed by atoms with E-state index in [0.717, 1.165) is 17.9 Å². The Balaban J connectivity index is 1.72. The van der Waals surface area contributed by atoms with Crippen molar-refractivity contribution in [2.24, 2.45) is 0 Å². The van der Waals surface area contributed by atoms with Crippen molar-refractivity contribution in [1.82, 2.24) is 19.7 Å². The predicted molar refractivity (Wildman–Crippen MR) is 83.5 cm³/mol. The van der Waals surface area contributed by atoms with Crippen LogP contribution in [0.5, 0.6) is 0 Å². The summed E-state index contributed by atoms with van der Waals surface area (Å²) in [5, 5.41) is 7.26. The first kappa shape index (κ1) is 12.5. The molecule has 4 rings (SSSR count). The highest BCUT2D eigenvalue weighted by molar-refractivity contribution is 7.71. The average molecular weight is 294 g/mol. The molecule has 1 fully saturated rings. The highest BCUT2D eigenvalue weighted by Crippen LogP contribution is 2.52. The van der Waals surface area contributed by atoms with Crippen LogP contribution in [-0.4, -0.2) is 19.7 Å². The van der Waals surface area contributed by atoms with Crippen LogP contribution >= 0.6 is 12.2 Å². The second-order valence-electron chi connectivity index (χ2n) is 5.26. The lowest BCUT2D eigenvalue weighted by Crippen LogP contribution is -2.00. The van der Waals surface area contributed by atoms with Gasteiger partial charge in [-0.3, -0.25) is 14.6 Å². The van der Waals surface area contributed by atoms with Crippen LogP contribution in [0.3, 0.4) is 0 Å². The second-order valence-corrected chi connectivity index (χ2v) is 5.64. The Morgan fingerprint density at radius 3 is 2.67 bits per heavy atom. The SMILES string of the molecule is S=c1[nH]nc(-c2ccccn2)n1C1CC1c1ccccc1. The van der Waals surface area contributed by atoms with E-state index in [2.05, 4.69) is 44.0 Å². The molecule has 0 bridgehead atoms. The van der Waals surface area contributed by atoms with Crippen molar-refractivity contribution in [1.29, 1.82) is 0 Å². The number of pyridine rings is 1. The lowest BCUT2D eigenvalue weighted by molar-refractivity contribution is 0.709. The lowest BCUT2D eigenvalue weighted by atomic mass is 10.1. The summed E-state index contributed by atoms with van der Waals surface area (Å²) in [7, 11) is 0. The molecular formula is C16H14N4S. The zero-order valence-corrected chi connectivity index (χ0v) is 12.1. The largest absolute Gasteiger partial charge is 0.295 e. The van der Waals surface area contributed by atoms with Crippen molar-refractivity contribution < 1.29 is 0 Å². The van der Waals surface area contributed by atoms with E-state index in [1.54, 1.807) is 6.20 Å². The molecule has 1 N–H and O–H groups in total. The molecule has 0 spiro atoms. The topological polar surface area (TPSA) is 46.5 Å². The monoisotopic (exact) mass is 294 g/mol. The molecule has 2 unspecified atom stereocenters. The van der Waals surface area contributed by atoms with Gasteiger partial charge in [-0.1, -0.05) is 36.4 Å². The van der Waals surface area contributed by atoms with Gasteiger partial charge in [-0.2, -0.15) is 5.10 Å². The molecule has 1 aromatic carbocycles. The van der Waals surface area contributed by atoms with Crippen LogP contribution in [0.25, 0.3) is 11.5 Å². The number of nitrogens with zero attached hydrogens (tertiary/aromatic N) is 3. The number of H-pyrrole nitrogens is 1. The summed E-state index contributed by atoms with van der Waals surface area (Å²) in [5.41, 5.74) is 2.21. The van der Waals surface area contributed by atoms with E-state index in [9.17, 15) is 0 Å².